The number of rotatable bonds is 0. The SMILES string of the molecule is [Li+].[NH-]c1ccc(O)cc1. The molecular formula is C6H6LiNO. The van der Waals surface area contributed by atoms with Crippen LogP contribution in [0.1, 0.15) is 0 Å². The maximum atomic E-state index is 8.67. The molecule has 0 aliphatic heterocycles. The molecule has 0 unspecified atom stereocenters. The molecule has 0 aromatic heterocycles. The van der Waals surface area contributed by atoms with Crippen LogP contribution in [-0.2, 0) is 0 Å². The molecule has 2 N–H and O–H groups in total. The molecule has 0 fully saturated rings. The van der Waals surface area contributed by atoms with Gasteiger partial charge in [0.25, 0.3) is 0 Å². The molecule has 0 saturated heterocycles. The van der Waals surface area contributed by atoms with E-state index in [0.29, 0.717) is 5.69 Å². The molecule has 1 aromatic carbocycles. The van der Waals surface area contributed by atoms with Gasteiger partial charge in [0, 0.05) is 0 Å². The second-order valence-corrected chi connectivity index (χ2v) is 1.55. The molecule has 0 atom stereocenters. The molecule has 1 aromatic rings. The summed E-state index contributed by atoms with van der Waals surface area (Å²) in [5.41, 5.74) is 7.40. The first-order chi connectivity index (χ1) is 3.79. The average molecular weight is 115 g/mol. The molecule has 42 valence electrons. The van der Waals surface area contributed by atoms with Gasteiger partial charge in [0.2, 0.25) is 0 Å². The Morgan fingerprint density at radius 1 is 1.11 bits per heavy atom. The summed E-state index contributed by atoms with van der Waals surface area (Å²) >= 11 is 0. The van der Waals surface area contributed by atoms with E-state index in [1.165, 1.54) is 24.3 Å². The smallest absolute Gasteiger partial charge is 0.699 e. The fourth-order valence-electron chi connectivity index (χ4n) is 0.461. The van der Waals surface area contributed by atoms with Crippen LogP contribution in [0, 0.1) is 0 Å². The first-order valence-electron chi connectivity index (χ1n) is 2.29. The van der Waals surface area contributed by atoms with Crippen LogP contribution in [0.5, 0.6) is 5.75 Å². The van der Waals surface area contributed by atoms with E-state index in [4.69, 9.17) is 10.8 Å². The third-order valence-corrected chi connectivity index (χ3v) is 0.867. The van der Waals surface area contributed by atoms with Gasteiger partial charge in [0.1, 0.15) is 5.75 Å². The standard InChI is InChI=1S/C6H6NO.Li/c7-5-1-3-6(8)4-2-5;/h1-4,7-8H;/q-1;+1. The van der Waals surface area contributed by atoms with Gasteiger partial charge in [0.05, 0.1) is 0 Å². The van der Waals surface area contributed by atoms with Gasteiger partial charge in [-0.3, -0.25) is 0 Å². The van der Waals surface area contributed by atoms with Crippen LogP contribution in [0.2, 0.25) is 0 Å². The number of aromatic hydroxyl groups is 1. The molecule has 0 amide bonds. The van der Waals surface area contributed by atoms with Crippen molar-refractivity contribution in [1.82, 2.24) is 0 Å². The minimum Gasteiger partial charge on any atom is -0.699 e. The van der Waals surface area contributed by atoms with Crippen molar-refractivity contribution in [1.29, 1.82) is 0 Å². The Hall–Kier alpha value is -0.583. The fraction of sp³-hybridized carbons (Fsp3) is 0. The maximum absolute atomic E-state index is 8.67. The molecule has 0 saturated carbocycles. The van der Waals surface area contributed by atoms with Crippen LogP contribution in [0.3, 0.4) is 0 Å². The van der Waals surface area contributed by atoms with Crippen LogP contribution in [-0.4, -0.2) is 5.11 Å². The molecule has 0 aliphatic rings. The Kier molecular flexibility index (Phi) is 3.22. The summed E-state index contributed by atoms with van der Waals surface area (Å²) in [5, 5.41) is 8.67. The number of hydrogen-bond acceptors (Lipinski definition) is 1. The zero-order valence-corrected chi connectivity index (χ0v) is 5.26. The van der Waals surface area contributed by atoms with Gasteiger partial charge in [-0.1, -0.05) is 12.1 Å². The van der Waals surface area contributed by atoms with E-state index in [1.807, 2.05) is 0 Å². The van der Waals surface area contributed by atoms with Crippen molar-refractivity contribution >= 4 is 5.69 Å². The zero-order chi connectivity index (χ0) is 5.98. The predicted molar refractivity (Wildman–Crippen MR) is 32.1 cm³/mol. The van der Waals surface area contributed by atoms with Crippen molar-refractivity contribution in [3.8, 4) is 5.75 Å². The van der Waals surface area contributed by atoms with Crippen LogP contribution in [0.15, 0.2) is 24.3 Å². The van der Waals surface area contributed by atoms with Crippen molar-refractivity contribution < 1.29 is 24.0 Å². The summed E-state index contributed by atoms with van der Waals surface area (Å²) in [4.78, 5) is 0. The minimum absolute atomic E-state index is 0. The van der Waals surface area contributed by atoms with Crippen LogP contribution in [0.25, 0.3) is 5.73 Å². The van der Waals surface area contributed by atoms with Crippen molar-refractivity contribution in [3.63, 3.8) is 0 Å². The number of phenols is 1. The Morgan fingerprint density at radius 2 is 1.56 bits per heavy atom. The van der Waals surface area contributed by atoms with Gasteiger partial charge in [-0.15, -0.1) is 5.69 Å². The summed E-state index contributed by atoms with van der Waals surface area (Å²) < 4.78 is 0. The minimum atomic E-state index is 0. The van der Waals surface area contributed by atoms with Gasteiger partial charge < -0.3 is 10.8 Å². The zero-order valence-electron chi connectivity index (χ0n) is 5.26. The van der Waals surface area contributed by atoms with Gasteiger partial charge in [-0.25, -0.2) is 0 Å². The second-order valence-electron chi connectivity index (χ2n) is 1.55. The summed E-state index contributed by atoms with van der Waals surface area (Å²) in [6.45, 7) is 0. The van der Waals surface area contributed by atoms with E-state index in [2.05, 4.69) is 0 Å². The molecule has 3 heteroatoms. The summed E-state index contributed by atoms with van der Waals surface area (Å²) in [6, 6.07) is 6.05. The van der Waals surface area contributed by atoms with Gasteiger partial charge in [-0.2, -0.15) is 0 Å². The van der Waals surface area contributed by atoms with Crippen molar-refractivity contribution in [2.24, 2.45) is 0 Å². The molecule has 0 aliphatic carbocycles. The Balaban J connectivity index is 0.000000640. The number of hydrogen-bond donors (Lipinski definition) is 1. The maximum Gasteiger partial charge on any atom is 1.00 e. The Labute approximate surface area is 65.9 Å². The van der Waals surface area contributed by atoms with Crippen LogP contribution < -0.4 is 18.9 Å². The second kappa shape index (κ2) is 3.44. The molecule has 0 bridgehead atoms. The molecule has 0 spiro atoms. The molecule has 1 rings (SSSR count). The van der Waals surface area contributed by atoms with E-state index in [1.54, 1.807) is 0 Å². The average Bonchev–Trinajstić information content (AvgIpc) is 1.77. The van der Waals surface area contributed by atoms with E-state index in [0.717, 1.165) is 0 Å². The third kappa shape index (κ3) is 2.45. The van der Waals surface area contributed by atoms with Crippen LogP contribution in [0.4, 0.5) is 5.69 Å². The molecule has 9 heavy (non-hydrogen) atoms. The topological polar surface area (TPSA) is 44.0 Å². The van der Waals surface area contributed by atoms with E-state index in [9.17, 15) is 0 Å². The Morgan fingerprint density at radius 3 is 1.89 bits per heavy atom. The fourth-order valence-corrected chi connectivity index (χ4v) is 0.461. The number of phenolic OH excluding ortho intramolecular Hbond substituents is 1. The third-order valence-electron chi connectivity index (χ3n) is 0.867. The first kappa shape index (κ1) is 8.42. The Bertz CT molecular complexity index is 152. The monoisotopic (exact) mass is 115 g/mol. The van der Waals surface area contributed by atoms with Crippen molar-refractivity contribution in [2.45, 2.75) is 0 Å². The van der Waals surface area contributed by atoms with Crippen molar-refractivity contribution in [3.05, 3.63) is 30.0 Å². The molecule has 0 radical (unpaired) electrons. The summed E-state index contributed by atoms with van der Waals surface area (Å²) in [7, 11) is 0. The number of benzene rings is 1. The number of nitrogens with one attached hydrogen (secondary N) is 1. The van der Waals surface area contributed by atoms with E-state index >= 15 is 0 Å². The van der Waals surface area contributed by atoms with Gasteiger partial charge in [0.15, 0.2) is 0 Å². The van der Waals surface area contributed by atoms with Crippen LogP contribution >= 0.6 is 0 Å². The molecular weight excluding hydrogens is 109 g/mol. The van der Waals surface area contributed by atoms with E-state index in [-0.39, 0.29) is 24.6 Å². The van der Waals surface area contributed by atoms with Gasteiger partial charge in [-0.05, 0) is 12.1 Å². The van der Waals surface area contributed by atoms with Gasteiger partial charge >= 0.3 is 18.9 Å². The predicted octanol–water partition coefficient (Wildman–Crippen LogP) is -0.920. The van der Waals surface area contributed by atoms with Crippen molar-refractivity contribution in [2.75, 3.05) is 0 Å². The first-order valence-corrected chi connectivity index (χ1v) is 2.29. The normalized spacial score (nSPS) is 8.00. The molecule has 0 heterocycles. The summed E-state index contributed by atoms with van der Waals surface area (Å²) in [6.07, 6.45) is 0. The molecule has 2 nitrogen and oxygen atoms in total. The largest absolute Gasteiger partial charge is 1.00 e. The quantitative estimate of drug-likeness (QED) is 0.345. The van der Waals surface area contributed by atoms with E-state index < -0.39 is 0 Å². The summed E-state index contributed by atoms with van der Waals surface area (Å²) in [5.74, 6) is 0.209.